The van der Waals surface area contributed by atoms with Gasteiger partial charge in [0.15, 0.2) is 0 Å². The summed E-state index contributed by atoms with van der Waals surface area (Å²) in [7, 11) is -2.54. The maximum atomic E-state index is 12.5. The number of piperidine rings is 1. The van der Waals surface area contributed by atoms with Crippen LogP contribution in [0.1, 0.15) is 18.4 Å². The first-order valence-electron chi connectivity index (χ1n) is 9.41. The number of nitro groups is 1. The lowest BCUT2D eigenvalue weighted by Crippen LogP contribution is -2.38. The Hall–Kier alpha value is -3.05. The number of amides is 1. The van der Waals surface area contributed by atoms with Gasteiger partial charge in [0, 0.05) is 31.3 Å². The van der Waals surface area contributed by atoms with E-state index in [0.29, 0.717) is 37.4 Å². The Morgan fingerprint density at radius 2 is 1.93 bits per heavy atom. The molecule has 1 aromatic carbocycles. The topological polar surface area (TPSA) is 135 Å². The van der Waals surface area contributed by atoms with E-state index in [1.54, 1.807) is 12.3 Å². The van der Waals surface area contributed by atoms with Gasteiger partial charge in [0.2, 0.25) is 15.9 Å². The predicted octanol–water partition coefficient (Wildman–Crippen LogP) is 2.06. The number of hydrogen-bond acceptors (Lipinski definition) is 7. The Kier molecular flexibility index (Phi) is 6.32. The van der Waals surface area contributed by atoms with E-state index in [1.165, 1.54) is 19.2 Å². The molecule has 0 atom stereocenters. The van der Waals surface area contributed by atoms with Crippen molar-refractivity contribution in [3.05, 3.63) is 52.2 Å². The minimum absolute atomic E-state index is 0.127. The number of pyridine rings is 1. The summed E-state index contributed by atoms with van der Waals surface area (Å²) >= 11 is 0. The number of sulfonamides is 1. The van der Waals surface area contributed by atoms with Crippen molar-refractivity contribution in [2.24, 2.45) is 5.92 Å². The van der Waals surface area contributed by atoms with Gasteiger partial charge in [0.05, 0.1) is 9.82 Å². The lowest BCUT2D eigenvalue weighted by atomic mass is 9.95. The van der Waals surface area contributed by atoms with Crippen molar-refractivity contribution in [1.82, 2.24) is 9.71 Å². The second-order valence-corrected chi connectivity index (χ2v) is 8.97. The maximum Gasteiger partial charge on any atom is 0.293 e. The zero-order chi connectivity index (χ0) is 21.9. The number of anilines is 2. The number of carbonyl (C=O) groups excluding carboxylic acids is 1. The molecular formula is C19H23N5O5S. The summed E-state index contributed by atoms with van der Waals surface area (Å²) in [5.74, 6) is 0.142. The number of aromatic nitrogens is 1. The highest BCUT2D eigenvalue weighted by molar-refractivity contribution is 7.89. The van der Waals surface area contributed by atoms with Gasteiger partial charge in [0.25, 0.3) is 5.69 Å². The molecular weight excluding hydrogens is 410 g/mol. The fraction of sp³-hybridized carbons (Fsp3) is 0.368. The molecule has 160 valence electrons. The van der Waals surface area contributed by atoms with Gasteiger partial charge in [0.1, 0.15) is 11.5 Å². The number of nitro benzene ring substituents is 1. The van der Waals surface area contributed by atoms with Crippen LogP contribution < -0.4 is 14.9 Å². The van der Waals surface area contributed by atoms with Crippen LogP contribution in [0, 0.1) is 23.0 Å². The minimum Gasteiger partial charge on any atom is -0.366 e. The molecule has 0 saturated carbocycles. The van der Waals surface area contributed by atoms with Gasteiger partial charge in [-0.1, -0.05) is 0 Å². The van der Waals surface area contributed by atoms with E-state index >= 15 is 0 Å². The molecule has 2 aromatic rings. The second kappa shape index (κ2) is 8.76. The zero-order valence-corrected chi connectivity index (χ0v) is 17.5. The second-order valence-electron chi connectivity index (χ2n) is 7.08. The first-order chi connectivity index (χ1) is 14.2. The molecule has 2 N–H and O–H groups in total. The van der Waals surface area contributed by atoms with Crippen LogP contribution in [0.4, 0.5) is 17.2 Å². The Balaban J connectivity index is 1.71. The lowest BCUT2D eigenvalue weighted by Gasteiger charge is -2.32. The van der Waals surface area contributed by atoms with Crippen molar-refractivity contribution in [2.45, 2.75) is 24.7 Å². The summed E-state index contributed by atoms with van der Waals surface area (Å²) in [5.41, 5.74) is 1.05. The van der Waals surface area contributed by atoms with Crippen molar-refractivity contribution in [3.63, 3.8) is 0 Å². The van der Waals surface area contributed by atoms with Crippen molar-refractivity contribution in [1.29, 1.82) is 0 Å². The van der Waals surface area contributed by atoms with Crippen LogP contribution in [-0.4, -0.2) is 44.4 Å². The number of nitrogens with zero attached hydrogens (tertiary/aromatic N) is 3. The molecule has 0 radical (unpaired) electrons. The molecule has 0 spiro atoms. The SMILES string of the molecule is CNS(=O)(=O)c1ccc(N2CCC(C(=O)Nc3cc(C)ccn3)CC2)c([N+](=O)[O-])c1. The van der Waals surface area contributed by atoms with Crippen LogP contribution in [0.2, 0.25) is 0 Å². The molecule has 0 unspecified atom stereocenters. The van der Waals surface area contributed by atoms with Gasteiger partial charge in [-0.25, -0.2) is 18.1 Å². The number of carbonyl (C=O) groups is 1. The molecule has 1 amide bonds. The lowest BCUT2D eigenvalue weighted by molar-refractivity contribution is -0.384. The quantitative estimate of drug-likeness (QED) is 0.526. The van der Waals surface area contributed by atoms with E-state index in [1.807, 2.05) is 17.9 Å². The molecule has 1 saturated heterocycles. The molecule has 2 heterocycles. The first kappa shape index (κ1) is 21.7. The third-order valence-electron chi connectivity index (χ3n) is 5.10. The van der Waals surface area contributed by atoms with Gasteiger partial charge < -0.3 is 10.2 Å². The van der Waals surface area contributed by atoms with Crippen LogP contribution in [0.15, 0.2) is 41.4 Å². The molecule has 1 aliphatic rings. The number of aryl methyl sites for hydroxylation is 1. The molecule has 10 nitrogen and oxygen atoms in total. The van der Waals surface area contributed by atoms with Crippen LogP contribution >= 0.6 is 0 Å². The Morgan fingerprint density at radius 3 is 2.53 bits per heavy atom. The van der Waals surface area contributed by atoms with E-state index in [-0.39, 0.29) is 22.4 Å². The Labute approximate surface area is 174 Å². The summed E-state index contributed by atoms with van der Waals surface area (Å²) in [6.45, 7) is 2.80. The molecule has 0 aliphatic carbocycles. The van der Waals surface area contributed by atoms with Gasteiger partial charge in [-0.2, -0.15) is 0 Å². The van der Waals surface area contributed by atoms with Gasteiger partial charge >= 0.3 is 0 Å². The van der Waals surface area contributed by atoms with E-state index in [9.17, 15) is 23.3 Å². The fourth-order valence-corrected chi connectivity index (χ4v) is 4.17. The van der Waals surface area contributed by atoms with Crippen molar-refractivity contribution >= 4 is 33.1 Å². The van der Waals surface area contributed by atoms with Crippen molar-refractivity contribution in [3.8, 4) is 0 Å². The molecule has 1 fully saturated rings. The first-order valence-corrected chi connectivity index (χ1v) is 10.9. The summed E-state index contributed by atoms with van der Waals surface area (Å²) in [6.07, 6.45) is 2.67. The van der Waals surface area contributed by atoms with E-state index in [4.69, 9.17) is 0 Å². The largest absolute Gasteiger partial charge is 0.366 e. The summed E-state index contributed by atoms with van der Waals surface area (Å²) < 4.78 is 26.1. The molecule has 0 bridgehead atoms. The summed E-state index contributed by atoms with van der Waals surface area (Å²) in [4.78, 5) is 29.2. The van der Waals surface area contributed by atoms with Gasteiger partial charge in [-0.15, -0.1) is 0 Å². The standard InChI is InChI=1S/C19H23N5O5S/c1-13-5-8-21-18(11-13)22-19(25)14-6-9-23(10-7-14)16-4-3-15(30(28,29)20-2)12-17(16)24(26)27/h3-5,8,11-12,14,20H,6-7,9-10H2,1-2H3,(H,21,22,25). The Bertz CT molecular complexity index is 1060. The van der Waals surface area contributed by atoms with Crippen LogP contribution in [0.25, 0.3) is 0 Å². The molecule has 11 heteroatoms. The number of nitrogens with one attached hydrogen (secondary N) is 2. The van der Waals surface area contributed by atoms with Crippen LogP contribution in [-0.2, 0) is 14.8 Å². The molecule has 30 heavy (non-hydrogen) atoms. The molecule has 3 rings (SSSR count). The minimum atomic E-state index is -3.79. The van der Waals surface area contributed by atoms with Gasteiger partial charge in [-0.3, -0.25) is 14.9 Å². The van der Waals surface area contributed by atoms with Crippen LogP contribution in [0.3, 0.4) is 0 Å². The normalized spacial score (nSPS) is 15.1. The van der Waals surface area contributed by atoms with Crippen molar-refractivity contribution < 1.29 is 18.1 Å². The van der Waals surface area contributed by atoms with Crippen molar-refractivity contribution in [2.75, 3.05) is 30.4 Å². The number of benzene rings is 1. The predicted molar refractivity (Wildman–Crippen MR) is 112 cm³/mol. The number of rotatable bonds is 6. The molecule has 1 aromatic heterocycles. The highest BCUT2D eigenvalue weighted by Gasteiger charge is 2.29. The highest BCUT2D eigenvalue weighted by Crippen LogP contribution is 2.33. The average molecular weight is 433 g/mol. The monoisotopic (exact) mass is 433 g/mol. The van der Waals surface area contributed by atoms with E-state index in [0.717, 1.165) is 11.6 Å². The van der Waals surface area contributed by atoms with Crippen LogP contribution in [0.5, 0.6) is 0 Å². The number of hydrogen-bond donors (Lipinski definition) is 2. The molecule has 1 aliphatic heterocycles. The van der Waals surface area contributed by atoms with E-state index in [2.05, 4.69) is 15.0 Å². The third kappa shape index (κ3) is 4.74. The highest BCUT2D eigenvalue weighted by atomic mass is 32.2. The fourth-order valence-electron chi connectivity index (χ4n) is 3.42. The zero-order valence-electron chi connectivity index (χ0n) is 16.7. The maximum absolute atomic E-state index is 12.5. The average Bonchev–Trinajstić information content (AvgIpc) is 2.73. The third-order valence-corrected chi connectivity index (χ3v) is 6.51. The van der Waals surface area contributed by atoms with Gasteiger partial charge in [-0.05, 0) is 56.6 Å². The Morgan fingerprint density at radius 1 is 1.23 bits per heavy atom. The van der Waals surface area contributed by atoms with E-state index < -0.39 is 14.9 Å². The smallest absolute Gasteiger partial charge is 0.293 e. The summed E-state index contributed by atoms with van der Waals surface area (Å²) in [6, 6.07) is 7.48. The summed E-state index contributed by atoms with van der Waals surface area (Å²) in [5, 5.41) is 14.3.